The standard InChI is InChI=1S/C22H20N2O4S/c1-22(2,21(25)26)29-15-5-3-14-11-24-12-18(17(14)9-15)16-6-4-13(10-23)19-20(16)28-8-7-27-19/h3-5,9,11-12,16H,6-8H2,1-2H3,(H,25,26). The van der Waals surface area contributed by atoms with Crippen LogP contribution in [0.15, 0.2) is 58.7 Å². The minimum atomic E-state index is -0.938. The molecule has 2 heterocycles. The lowest BCUT2D eigenvalue weighted by Crippen LogP contribution is -2.26. The van der Waals surface area contributed by atoms with Gasteiger partial charge in [-0.05, 0) is 43.4 Å². The zero-order chi connectivity index (χ0) is 20.6. The third-order valence-electron chi connectivity index (χ3n) is 5.08. The van der Waals surface area contributed by atoms with Crippen molar-refractivity contribution in [3.05, 3.63) is 59.3 Å². The maximum Gasteiger partial charge on any atom is 0.319 e. The number of allylic oxidation sites excluding steroid dienone is 3. The van der Waals surface area contributed by atoms with Gasteiger partial charge in [-0.15, -0.1) is 11.8 Å². The molecule has 2 aromatic rings. The number of ether oxygens (including phenoxy) is 2. The topological polar surface area (TPSA) is 92.4 Å². The van der Waals surface area contributed by atoms with Crippen molar-refractivity contribution in [1.82, 2.24) is 4.98 Å². The molecule has 1 aliphatic heterocycles. The van der Waals surface area contributed by atoms with Crippen LogP contribution in [0.2, 0.25) is 0 Å². The van der Waals surface area contributed by atoms with Crippen LogP contribution >= 0.6 is 11.8 Å². The highest BCUT2D eigenvalue weighted by atomic mass is 32.2. The van der Waals surface area contributed by atoms with Crippen molar-refractivity contribution in [2.75, 3.05) is 13.2 Å². The summed E-state index contributed by atoms with van der Waals surface area (Å²) in [5.41, 5.74) is 1.48. The van der Waals surface area contributed by atoms with E-state index in [1.54, 1.807) is 20.0 Å². The predicted molar refractivity (Wildman–Crippen MR) is 109 cm³/mol. The number of aliphatic carboxylic acids is 1. The Hall–Kier alpha value is -2.98. The van der Waals surface area contributed by atoms with E-state index in [1.807, 2.05) is 30.5 Å². The molecule has 2 aliphatic rings. The van der Waals surface area contributed by atoms with Crippen LogP contribution < -0.4 is 0 Å². The van der Waals surface area contributed by atoms with Crippen molar-refractivity contribution in [2.24, 2.45) is 0 Å². The quantitative estimate of drug-likeness (QED) is 0.750. The van der Waals surface area contributed by atoms with Crippen LogP contribution in [0.3, 0.4) is 0 Å². The number of thioether (sulfide) groups is 1. The summed E-state index contributed by atoms with van der Waals surface area (Å²) < 4.78 is 10.7. The second-order valence-electron chi connectivity index (χ2n) is 7.44. The average molecular weight is 408 g/mol. The zero-order valence-corrected chi connectivity index (χ0v) is 17.0. The molecule has 1 aromatic heterocycles. The summed E-state index contributed by atoms with van der Waals surface area (Å²) in [5, 5.41) is 20.8. The number of nitriles is 1. The van der Waals surface area contributed by atoms with Crippen molar-refractivity contribution in [2.45, 2.75) is 35.8 Å². The van der Waals surface area contributed by atoms with Gasteiger partial charge in [0.05, 0.1) is 11.5 Å². The predicted octanol–water partition coefficient (Wildman–Crippen LogP) is 4.39. The van der Waals surface area contributed by atoms with E-state index in [-0.39, 0.29) is 5.92 Å². The van der Waals surface area contributed by atoms with Crippen LogP contribution in [-0.4, -0.2) is 34.0 Å². The number of pyridine rings is 1. The van der Waals surface area contributed by atoms with Gasteiger partial charge >= 0.3 is 5.97 Å². The molecule has 1 aromatic carbocycles. The molecular formula is C22H20N2O4S. The smallest absolute Gasteiger partial charge is 0.319 e. The Labute approximate surface area is 172 Å². The van der Waals surface area contributed by atoms with Gasteiger partial charge in [-0.25, -0.2) is 0 Å². The van der Waals surface area contributed by atoms with E-state index in [0.717, 1.165) is 21.2 Å². The fourth-order valence-corrected chi connectivity index (χ4v) is 4.54. The molecule has 29 heavy (non-hydrogen) atoms. The molecule has 6 nitrogen and oxygen atoms in total. The number of benzene rings is 1. The fraction of sp³-hybridized carbons (Fsp3) is 0.318. The molecule has 0 saturated carbocycles. The SMILES string of the molecule is CC(C)(Sc1ccc2cncc(C3CC=C(C#N)C4=C3OCCO4)c2c1)C(=O)O. The van der Waals surface area contributed by atoms with Gasteiger partial charge in [0.15, 0.2) is 5.76 Å². The molecule has 0 fully saturated rings. The van der Waals surface area contributed by atoms with Gasteiger partial charge in [0.25, 0.3) is 0 Å². The van der Waals surface area contributed by atoms with E-state index in [0.29, 0.717) is 36.7 Å². The van der Waals surface area contributed by atoms with Crippen LogP contribution in [0.25, 0.3) is 10.8 Å². The number of carboxylic acids is 1. The van der Waals surface area contributed by atoms with Crippen molar-refractivity contribution in [3.63, 3.8) is 0 Å². The molecule has 1 atom stereocenters. The summed E-state index contributed by atoms with van der Waals surface area (Å²) in [6.45, 7) is 4.25. The summed E-state index contributed by atoms with van der Waals surface area (Å²) in [5.74, 6) is 0.228. The van der Waals surface area contributed by atoms with Crippen molar-refractivity contribution >= 4 is 28.5 Å². The third kappa shape index (κ3) is 3.56. The molecular weight excluding hydrogens is 388 g/mol. The first-order chi connectivity index (χ1) is 13.9. The molecule has 0 spiro atoms. The lowest BCUT2D eigenvalue weighted by molar-refractivity contribution is -0.138. The van der Waals surface area contributed by atoms with Gasteiger partial charge in [0.1, 0.15) is 29.8 Å². The largest absolute Gasteiger partial charge is 0.490 e. The summed E-state index contributed by atoms with van der Waals surface area (Å²) in [6, 6.07) is 8.07. The number of carboxylic acid groups (broad SMARTS) is 1. The first kappa shape index (κ1) is 19.3. The van der Waals surface area contributed by atoms with E-state index in [9.17, 15) is 15.2 Å². The van der Waals surface area contributed by atoms with E-state index < -0.39 is 10.7 Å². The van der Waals surface area contributed by atoms with Gasteiger partial charge < -0.3 is 14.6 Å². The highest BCUT2D eigenvalue weighted by Gasteiger charge is 2.33. The lowest BCUT2D eigenvalue weighted by Gasteiger charge is -2.30. The Balaban J connectivity index is 1.79. The second kappa shape index (κ2) is 7.45. The number of aromatic nitrogens is 1. The summed E-state index contributed by atoms with van der Waals surface area (Å²) >= 11 is 1.31. The van der Waals surface area contributed by atoms with E-state index in [4.69, 9.17) is 9.47 Å². The number of hydrogen-bond acceptors (Lipinski definition) is 6. The molecule has 148 valence electrons. The number of rotatable bonds is 4. The maximum absolute atomic E-state index is 11.5. The zero-order valence-electron chi connectivity index (χ0n) is 16.1. The molecule has 0 saturated heterocycles. The van der Waals surface area contributed by atoms with E-state index in [1.165, 1.54) is 11.8 Å². The minimum absolute atomic E-state index is 0.105. The highest BCUT2D eigenvalue weighted by Crippen LogP contribution is 2.42. The molecule has 1 aliphatic carbocycles. The van der Waals surface area contributed by atoms with Crippen molar-refractivity contribution in [3.8, 4) is 6.07 Å². The first-order valence-corrected chi connectivity index (χ1v) is 10.1. The van der Waals surface area contributed by atoms with Gasteiger partial charge in [0.2, 0.25) is 0 Å². The van der Waals surface area contributed by atoms with Gasteiger partial charge in [-0.1, -0.05) is 12.1 Å². The molecule has 1 unspecified atom stereocenters. The Morgan fingerprint density at radius 3 is 2.86 bits per heavy atom. The maximum atomic E-state index is 11.5. The molecule has 1 N–H and O–H groups in total. The molecule has 4 rings (SSSR count). The van der Waals surface area contributed by atoms with Crippen molar-refractivity contribution < 1.29 is 19.4 Å². The number of fused-ring (bicyclic) bond motifs is 1. The Kier molecular flexibility index (Phi) is 4.97. The monoisotopic (exact) mass is 408 g/mol. The van der Waals surface area contributed by atoms with Crippen LogP contribution in [-0.2, 0) is 14.3 Å². The third-order valence-corrected chi connectivity index (χ3v) is 6.25. The van der Waals surface area contributed by atoms with Gasteiger partial charge in [0, 0.05) is 22.7 Å². The Morgan fingerprint density at radius 1 is 1.31 bits per heavy atom. The van der Waals surface area contributed by atoms with E-state index in [2.05, 4.69) is 11.1 Å². The van der Waals surface area contributed by atoms with Crippen LogP contribution in [0.4, 0.5) is 0 Å². The van der Waals surface area contributed by atoms with Gasteiger partial charge in [-0.2, -0.15) is 5.26 Å². The number of carbonyl (C=O) groups is 1. The second-order valence-corrected chi connectivity index (χ2v) is 9.13. The highest BCUT2D eigenvalue weighted by molar-refractivity contribution is 8.01. The lowest BCUT2D eigenvalue weighted by atomic mass is 9.86. The molecule has 0 amide bonds. The Bertz CT molecular complexity index is 1100. The van der Waals surface area contributed by atoms with Crippen molar-refractivity contribution in [1.29, 1.82) is 5.26 Å². The molecule has 7 heteroatoms. The summed E-state index contributed by atoms with van der Waals surface area (Å²) in [7, 11) is 0. The van der Waals surface area contributed by atoms with Crippen LogP contribution in [0.5, 0.6) is 0 Å². The van der Waals surface area contributed by atoms with E-state index >= 15 is 0 Å². The number of nitrogens with zero attached hydrogens (tertiary/aromatic N) is 2. The Morgan fingerprint density at radius 2 is 2.10 bits per heavy atom. The fourth-order valence-electron chi connectivity index (χ4n) is 3.55. The number of hydrogen-bond donors (Lipinski definition) is 1. The first-order valence-electron chi connectivity index (χ1n) is 9.31. The summed E-state index contributed by atoms with van der Waals surface area (Å²) in [4.78, 5) is 16.8. The minimum Gasteiger partial charge on any atom is -0.490 e. The molecule has 0 radical (unpaired) electrons. The van der Waals surface area contributed by atoms with Crippen LogP contribution in [0, 0.1) is 11.3 Å². The molecule has 0 bridgehead atoms. The van der Waals surface area contributed by atoms with Gasteiger partial charge in [-0.3, -0.25) is 9.78 Å². The normalized spacial score (nSPS) is 18.9. The average Bonchev–Trinajstić information content (AvgIpc) is 2.72. The van der Waals surface area contributed by atoms with Crippen LogP contribution in [0.1, 0.15) is 31.7 Å². The summed E-state index contributed by atoms with van der Waals surface area (Å²) in [6.07, 6.45) is 6.10.